The molecule has 0 spiro atoms. The number of nitrogens with zero attached hydrogens (tertiary/aromatic N) is 2. The Morgan fingerprint density at radius 1 is 1.23 bits per heavy atom. The molecule has 0 bridgehead atoms. The topological polar surface area (TPSA) is 73.6 Å². The summed E-state index contributed by atoms with van der Waals surface area (Å²) < 4.78 is 12.6. The molecule has 0 amide bonds. The molecule has 0 saturated carbocycles. The van der Waals surface area contributed by atoms with Crippen molar-refractivity contribution < 1.29 is 19.4 Å². The fourth-order valence-corrected chi connectivity index (χ4v) is 2.65. The van der Waals surface area contributed by atoms with E-state index in [1.54, 1.807) is 52.1 Å². The lowest BCUT2D eigenvalue weighted by atomic mass is 10.2. The number of hydrogen-bond donors (Lipinski definition) is 1. The van der Waals surface area contributed by atoms with E-state index in [1.807, 2.05) is 18.2 Å². The maximum Gasteiger partial charge on any atom is 0.419 e. The molecule has 26 heavy (non-hydrogen) atoms. The molecule has 3 aromatic rings. The Balaban J connectivity index is 1.91. The van der Waals surface area contributed by atoms with Crippen molar-refractivity contribution >= 4 is 17.0 Å². The molecule has 0 radical (unpaired) electrons. The van der Waals surface area contributed by atoms with Gasteiger partial charge in [-0.3, -0.25) is 4.98 Å². The normalized spacial score (nSPS) is 11.5. The Hall–Kier alpha value is -3.02. The molecular weight excluding hydrogens is 332 g/mol. The van der Waals surface area contributed by atoms with Gasteiger partial charge in [0.1, 0.15) is 23.7 Å². The lowest BCUT2D eigenvalue weighted by Crippen LogP contribution is -2.27. The molecule has 0 aliphatic rings. The van der Waals surface area contributed by atoms with Gasteiger partial charge in [-0.1, -0.05) is 6.07 Å². The second kappa shape index (κ2) is 6.71. The Morgan fingerprint density at radius 3 is 2.65 bits per heavy atom. The number of hydrogen-bond acceptors (Lipinski definition) is 5. The number of carbonyl (C=O) groups is 1. The Morgan fingerprint density at radius 2 is 2.00 bits per heavy atom. The van der Waals surface area contributed by atoms with Crippen LogP contribution < -0.4 is 4.74 Å². The molecule has 6 nitrogen and oxygen atoms in total. The summed E-state index contributed by atoms with van der Waals surface area (Å²) in [6.07, 6.45) is 1.18. The number of ether oxygens (including phenoxy) is 2. The number of aromatic nitrogens is 2. The van der Waals surface area contributed by atoms with Crippen molar-refractivity contribution in [2.75, 3.05) is 0 Å². The maximum atomic E-state index is 12.5. The van der Waals surface area contributed by atoms with E-state index in [0.717, 1.165) is 5.69 Å². The highest BCUT2D eigenvalue weighted by Gasteiger charge is 2.24. The first-order valence-corrected chi connectivity index (χ1v) is 8.36. The number of benzene rings is 1. The summed E-state index contributed by atoms with van der Waals surface area (Å²) in [7, 11) is 0. The van der Waals surface area contributed by atoms with Gasteiger partial charge in [0, 0.05) is 11.6 Å². The number of carbonyl (C=O) groups excluding carboxylic acids is 1. The van der Waals surface area contributed by atoms with E-state index in [4.69, 9.17) is 9.47 Å². The van der Waals surface area contributed by atoms with E-state index >= 15 is 0 Å². The zero-order chi connectivity index (χ0) is 18.9. The number of rotatable bonds is 3. The van der Waals surface area contributed by atoms with E-state index in [9.17, 15) is 9.90 Å². The van der Waals surface area contributed by atoms with E-state index < -0.39 is 11.7 Å². The average Bonchev–Trinajstić information content (AvgIpc) is 2.83. The quantitative estimate of drug-likeness (QED) is 0.754. The van der Waals surface area contributed by atoms with Crippen molar-refractivity contribution in [3.05, 3.63) is 54.0 Å². The van der Waals surface area contributed by atoms with Crippen molar-refractivity contribution in [3.63, 3.8) is 0 Å². The van der Waals surface area contributed by atoms with Gasteiger partial charge in [0.15, 0.2) is 0 Å². The maximum absolute atomic E-state index is 12.5. The van der Waals surface area contributed by atoms with Gasteiger partial charge in [-0.05, 0) is 58.0 Å². The van der Waals surface area contributed by atoms with Crippen molar-refractivity contribution in [2.45, 2.75) is 39.9 Å². The van der Waals surface area contributed by atoms with Gasteiger partial charge >= 0.3 is 6.09 Å². The molecule has 0 aliphatic carbocycles. The van der Waals surface area contributed by atoms with Crippen molar-refractivity contribution in [1.82, 2.24) is 9.55 Å². The molecule has 0 unspecified atom stereocenters. The number of fused-ring (bicyclic) bond motifs is 1. The van der Waals surface area contributed by atoms with E-state index in [0.29, 0.717) is 29.0 Å². The highest BCUT2D eigenvalue weighted by Crippen LogP contribution is 2.34. The van der Waals surface area contributed by atoms with Gasteiger partial charge in [-0.2, -0.15) is 0 Å². The van der Waals surface area contributed by atoms with Crippen LogP contribution in [0.25, 0.3) is 10.9 Å². The summed E-state index contributed by atoms with van der Waals surface area (Å²) in [5.41, 5.74) is 1.18. The lowest BCUT2D eigenvalue weighted by molar-refractivity contribution is 0.0540. The lowest BCUT2D eigenvalue weighted by Gasteiger charge is -2.20. The third-order valence-electron chi connectivity index (χ3n) is 3.83. The van der Waals surface area contributed by atoms with Gasteiger partial charge in [-0.15, -0.1) is 0 Å². The predicted molar refractivity (Wildman–Crippen MR) is 98.5 cm³/mol. The Kier molecular flexibility index (Phi) is 4.59. The minimum Gasteiger partial charge on any atom is -0.505 e. The Bertz CT molecular complexity index is 940. The SMILES string of the molecule is Cc1c(O)c2cc(OCc3ccccn3)ccc2n1C(=O)OC(C)(C)C. The summed E-state index contributed by atoms with van der Waals surface area (Å²) in [6.45, 7) is 7.40. The standard InChI is InChI=1S/C20H22N2O4/c1-13-18(23)16-11-15(25-12-14-7-5-6-10-21-14)8-9-17(16)22(13)19(24)26-20(2,3)4/h5-11,23H,12H2,1-4H3. The fourth-order valence-electron chi connectivity index (χ4n) is 2.65. The molecule has 0 fully saturated rings. The first-order chi connectivity index (χ1) is 12.3. The van der Waals surface area contributed by atoms with E-state index in [-0.39, 0.29) is 5.75 Å². The van der Waals surface area contributed by atoms with E-state index in [1.165, 1.54) is 4.57 Å². The summed E-state index contributed by atoms with van der Waals surface area (Å²) in [6, 6.07) is 10.8. The molecule has 0 aliphatic heterocycles. The monoisotopic (exact) mass is 354 g/mol. The second-order valence-corrected chi connectivity index (χ2v) is 7.04. The summed E-state index contributed by atoms with van der Waals surface area (Å²) in [5, 5.41) is 11.0. The number of pyridine rings is 1. The third-order valence-corrected chi connectivity index (χ3v) is 3.83. The smallest absolute Gasteiger partial charge is 0.419 e. The first kappa shape index (κ1) is 17.8. The van der Waals surface area contributed by atoms with Gasteiger partial charge in [0.2, 0.25) is 0 Å². The van der Waals surface area contributed by atoms with Crippen molar-refractivity contribution in [1.29, 1.82) is 0 Å². The summed E-state index contributed by atoms with van der Waals surface area (Å²) in [4.78, 5) is 16.7. The van der Waals surface area contributed by atoms with E-state index in [2.05, 4.69) is 4.98 Å². The Labute approximate surface area is 152 Å². The summed E-state index contributed by atoms with van der Waals surface area (Å²) >= 11 is 0. The zero-order valence-corrected chi connectivity index (χ0v) is 15.3. The van der Waals surface area contributed by atoms with Crippen molar-refractivity contribution in [2.24, 2.45) is 0 Å². The molecule has 3 rings (SSSR count). The van der Waals surface area contributed by atoms with Crippen LogP contribution in [0.3, 0.4) is 0 Å². The van der Waals surface area contributed by atoms with Gasteiger partial charge in [0.25, 0.3) is 0 Å². The minimum absolute atomic E-state index is 0.0362. The molecular formula is C20H22N2O4. The minimum atomic E-state index is -0.624. The van der Waals surface area contributed by atoms with Crippen LogP contribution in [0.1, 0.15) is 32.2 Å². The fraction of sp³-hybridized carbons (Fsp3) is 0.300. The molecule has 2 aromatic heterocycles. The van der Waals surface area contributed by atoms with Crippen LogP contribution in [-0.2, 0) is 11.3 Å². The summed E-state index contributed by atoms with van der Waals surface area (Å²) in [5.74, 6) is 0.619. The van der Waals surface area contributed by atoms with Gasteiger partial charge in [-0.25, -0.2) is 9.36 Å². The molecule has 0 atom stereocenters. The predicted octanol–water partition coefficient (Wildman–Crippen LogP) is 4.41. The molecule has 2 heterocycles. The average molecular weight is 354 g/mol. The largest absolute Gasteiger partial charge is 0.505 e. The molecule has 0 saturated heterocycles. The van der Waals surface area contributed by atoms with Crippen LogP contribution in [0.4, 0.5) is 4.79 Å². The zero-order valence-electron chi connectivity index (χ0n) is 15.3. The highest BCUT2D eigenvalue weighted by atomic mass is 16.6. The van der Waals surface area contributed by atoms with Crippen LogP contribution in [-0.4, -0.2) is 26.4 Å². The highest BCUT2D eigenvalue weighted by molar-refractivity contribution is 5.96. The molecule has 136 valence electrons. The van der Waals surface area contributed by atoms with Gasteiger partial charge < -0.3 is 14.6 Å². The second-order valence-electron chi connectivity index (χ2n) is 7.04. The first-order valence-electron chi connectivity index (χ1n) is 8.36. The van der Waals surface area contributed by atoms with Crippen molar-refractivity contribution in [3.8, 4) is 11.5 Å². The van der Waals surface area contributed by atoms with Crippen LogP contribution in [0.2, 0.25) is 0 Å². The van der Waals surface area contributed by atoms with Crippen LogP contribution in [0.5, 0.6) is 11.5 Å². The molecule has 1 N–H and O–H groups in total. The van der Waals surface area contributed by atoms with Crippen LogP contribution in [0.15, 0.2) is 42.6 Å². The molecule has 6 heteroatoms. The van der Waals surface area contributed by atoms with Crippen LogP contribution in [0, 0.1) is 6.92 Å². The van der Waals surface area contributed by atoms with Gasteiger partial charge in [0.05, 0.1) is 16.9 Å². The number of aromatic hydroxyl groups is 1. The van der Waals surface area contributed by atoms with Crippen LogP contribution >= 0.6 is 0 Å². The third kappa shape index (κ3) is 3.64. The molecule has 1 aromatic carbocycles.